The van der Waals surface area contributed by atoms with Gasteiger partial charge in [0.15, 0.2) is 11.6 Å². The van der Waals surface area contributed by atoms with Crippen molar-refractivity contribution in [2.45, 2.75) is 19.0 Å². The normalized spacial score (nSPS) is 11.9. The predicted octanol–water partition coefficient (Wildman–Crippen LogP) is 2.43. The van der Waals surface area contributed by atoms with Crippen molar-refractivity contribution in [2.75, 3.05) is 7.05 Å². The quantitative estimate of drug-likeness (QED) is 0.568. The summed E-state index contributed by atoms with van der Waals surface area (Å²) < 4.78 is 28.8. The molecule has 0 aliphatic heterocycles. The van der Waals surface area contributed by atoms with E-state index in [1.54, 1.807) is 18.2 Å². The summed E-state index contributed by atoms with van der Waals surface area (Å²) in [6, 6.07) is 6.86. The number of aromatic nitrogens is 2. The van der Waals surface area contributed by atoms with E-state index < -0.39 is 29.5 Å². The average molecular weight is 479 g/mol. The van der Waals surface area contributed by atoms with Crippen molar-refractivity contribution in [1.29, 1.82) is 0 Å². The number of nitrogens with zero attached hydrogens (tertiary/aromatic N) is 2. The fourth-order valence-electron chi connectivity index (χ4n) is 2.88. The third-order valence-electron chi connectivity index (χ3n) is 4.46. The number of hydrogen-bond acceptors (Lipinski definition) is 4. The molecule has 0 fully saturated rings. The van der Waals surface area contributed by atoms with Crippen LogP contribution in [0.1, 0.15) is 18.0 Å². The number of aryl methyl sites for hydroxylation is 1. The number of rotatable bonds is 6. The third kappa shape index (κ3) is 4.70. The number of benzene rings is 2. The standard InChI is InChI=1S/C20H17BrF2N4O3/c1-24-19(29)18(11-2-4-14(22)15(23)8-11)26-17(28)6-7-27-10-25-16-5-3-12(21)9-13(16)20(27)30/h2-5,8-10,18H,6-7H2,1H3,(H,24,29)(H,26,28). The molecule has 2 amide bonds. The van der Waals surface area contributed by atoms with Crippen LogP contribution >= 0.6 is 15.9 Å². The smallest absolute Gasteiger partial charge is 0.261 e. The minimum Gasteiger partial charge on any atom is -0.357 e. The van der Waals surface area contributed by atoms with Gasteiger partial charge in [0.05, 0.1) is 17.2 Å². The second-order valence-corrected chi connectivity index (χ2v) is 7.36. The first-order valence-electron chi connectivity index (χ1n) is 8.90. The Morgan fingerprint density at radius 1 is 1.17 bits per heavy atom. The van der Waals surface area contributed by atoms with Gasteiger partial charge >= 0.3 is 0 Å². The maximum atomic E-state index is 13.5. The predicted molar refractivity (Wildman–Crippen MR) is 110 cm³/mol. The van der Waals surface area contributed by atoms with Crippen molar-refractivity contribution in [3.8, 4) is 0 Å². The summed E-state index contributed by atoms with van der Waals surface area (Å²) in [7, 11) is 1.36. The molecule has 156 valence electrons. The maximum Gasteiger partial charge on any atom is 0.261 e. The number of amides is 2. The van der Waals surface area contributed by atoms with Crippen LogP contribution in [0.2, 0.25) is 0 Å². The maximum absolute atomic E-state index is 13.5. The van der Waals surface area contributed by atoms with Crippen molar-refractivity contribution in [2.24, 2.45) is 0 Å². The summed E-state index contributed by atoms with van der Waals surface area (Å²) in [6.45, 7) is 0.0262. The molecule has 7 nitrogen and oxygen atoms in total. The van der Waals surface area contributed by atoms with Crippen molar-refractivity contribution >= 4 is 38.6 Å². The van der Waals surface area contributed by atoms with Crippen LogP contribution in [-0.4, -0.2) is 28.4 Å². The van der Waals surface area contributed by atoms with E-state index in [0.29, 0.717) is 10.9 Å². The van der Waals surface area contributed by atoms with Gasteiger partial charge in [-0.1, -0.05) is 22.0 Å². The van der Waals surface area contributed by atoms with Crippen molar-refractivity contribution in [3.63, 3.8) is 0 Å². The summed E-state index contributed by atoms with van der Waals surface area (Å²) in [6.07, 6.45) is 1.22. The fraction of sp³-hybridized carbons (Fsp3) is 0.200. The van der Waals surface area contributed by atoms with E-state index >= 15 is 0 Å². The lowest BCUT2D eigenvalue weighted by atomic mass is 10.1. The summed E-state index contributed by atoms with van der Waals surface area (Å²) >= 11 is 3.30. The molecule has 0 saturated heterocycles. The topological polar surface area (TPSA) is 93.1 Å². The van der Waals surface area contributed by atoms with E-state index in [4.69, 9.17) is 0 Å². The Morgan fingerprint density at radius 2 is 1.93 bits per heavy atom. The molecule has 1 atom stereocenters. The molecule has 0 bridgehead atoms. The van der Waals surface area contributed by atoms with Crippen LogP contribution in [-0.2, 0) is 16.1 Å². The molecular formula is C20H17BrF2N4O3. The van der Waals surface area contributed by atoms with Crippen LogP contribution in [0.15, 0.2) is 52.0 Å². The molecule has 1 heterocycles. The first-order valence-corrected chi connectivity index (χ1v) is 9.70. The van der Waals surface area contributed by atoms with Gasteiger partial charge in [0.2, 0.25) is 11.8 Å². The lowest BCUT2D eigenvalue weighted by Gasteiger charge is -2.18. The number of likely N-dealkylation sites (N-methyl/N-ethyl adjacent to an activating group) is 1. The SMILES string of the molecule is CNC(=O)C(NC(=O)CCn1cnc2ccc(Br)cc2c1=O)c1ccc(F)c(F)c1. The van der Waals surface area contributed by atoms with Gasteiger partial charge in [0, 0.05) is 24.5 Å². The van der Waals surface area contributed by atoms with Crippen molar-refractivity contribution < 1.29 is 18.4 Å². The molecule has 10 heteroatoms. The molecular weight excluding hydrogens is 462 g/mol. The summed E-state index contributed by atoms with van der Waals surface area (Å²) in [5.41, 5.74) is 0.315. The fourth-order valence-corrected chi connectivity index (χ4v) is 3.24. The Hall–Kier alpha value is -3.14. The van der Waals surface area contributed by atoms with Gasteiger partial charge in [-0.2, -0.15) is 0 Å². The molecule has 2 N–H and O–H groups in total. The molecule has 3 aromatic rings. The first-order chi connectivity index (χ1) is 14.3. The van der Waals surface area contributed by atoms with Gasteiger partial charge in [-0.25, -0.2) is 13.8 Å². The van der Waals surface area contributed by atoms with Gasteiger partial charge in [-0.05, 0) is 35.9 Å². The molecule has 1 aromatic heterocycles. The van der Waals surface area contributed by atoms with Gasteiger partial charge in [-0.15, -0.1) is 0 Å². The van der Waals surface area contributed by atoms with Crippen molar-refractivity contribution in [1.82, 2.24) is 20.2 Å². The Labute approximate surface area is 178 Å². The average Bonchev–Trinajstić information content (AvgIpc) is 2.73. The Balaban J connectivity index is 1.75. The first kappa shape index (κ1) is 21.6. The molecule has 0 spiro atoms. The Bertz CT molecular complexity index is 1180. The second kappa shape index (κ2) is 9.12. The molecule has 1 unspecified atom stereocenters. The summed E-state index contributed by atoms with van der Waals surface area (Å²) in [4.78, 5) is 41.3. The third-order valence-corrected chi connectivity index (χ3v) is 4.95. The van der Waals surface area contributed by atoms with E-state index in [2.05, 4.69) is 31.5 Å². The minimum atomic E-state index is -1.21. The second-order valence-electron chi connectivity index (χ2n) is 6.44. The number of halogens is 3. The van der Waals surface area contributed by atoms with Crippen LogP contribution in [0.3, 0.4) is 0 Å². The van der Waals surface area contributed by atoms with Crippen LogP contribution in [0.25, 0.3) is 10.9 Å². The Kier molecular flexibility index (Phi) is 6.56. The number of hydrogen-bond donors (Lipinski definition) is 2. The largest absolute Gasteiger partial charge is 0.357 e. The van der Waals surface area contributed by atoms with Gasteiger partial charge in [-0.3, -0.25) is 19.0 Å². The number of fused-ring (bicyclic) bond motifs is 1. The van der Waals surface area contributed by atoms with E-state index in [1.807, 2.05) is 0 Å². The minimum absolute atomic E-state index is 0.0262. The molecule has 0 aliphatic carbocycles. The summed E-state index contributed by atoms with van der Waals surface area (Å²) in [5, 5.41) is 5.26. The number of carbonyl (C=O) groups is 2. The highest BCUT2D eigenvalue weighted by Gasteiger charge is 2.23. The lowest BCUT2D eigenvalue weighted by Crippen LogP contribution is -2.39. The van der Waals surface area contributed by atoms with Crippen LogP contribution in [0.5, 0.6) is 0 Å². The number of carbonyl (C=O) groups excluding carboxylic acids is 2. The van der Waals surface area contributed by atoms with E-state index in [9.17, 15) is 23.2 Å². The monoisotopic (exact) mass is 478 g/mol. The highest BCUT2D eigenvalue weighted by Crippen LogP contribution is 2.17. The van der Waals surface area contributed by atoms with Gasteiger partial charge < -0.3 is 10.6 Å². The Morgan fingerprint density at radius 3 is 2.63 bits per heavy atom. The van der Waals surface area contributed by atoms with E-state index in [1.165, 1.54) is 24.0 Å². The van der Waals surface area contributed by atoms with E-state index in [0.717, 1.165) is 16.6 Å². The van der Waals surface area contributed by atoms with Gasteiger partial charge in [0.1, 0.15) is 6.04 Å². The lowest BCUT2D eigenvalue weighted by molar-refractivity contribution is -0.129. The zero-order valence-corrected chi connectivity index (χ0v) is 17.4. The molecule has 2 aromatic carbocycles. The zero-order valence-electron chi connectivity index (χ0n) is 15.8. The van der Waals surface area contributed by atoms with Crippen LogP contribution < -0.4 is 16.2 Å². The molecule has 0 aliphatic rings. The van der Waals surface area contributed by atoms with E-state index in [-0.39, 0.29) is 24.1 Å². The molecule has 30 heavy (non-hydrogen) atoms. The summed E-state index contributed by atoms with van der Waals surface area (Å²) in [5.74, 6) is -3.33. The zero-order chi connectivity index (χ0) is 21.8. The van der Waals surface area contributed by atoms with Gasteiger partial charge in [0.25, 0.3) is 5.56 Å². The number of nitrogens with one attached hydrogen (secondary N) is 2. The molecule has 0 saturated carbocycles. The molecule has 3 rings (SSSR count). The van der Waals surface area contributed by atoms with Crippen LogP contribution in [0.4, 0.5) is 8.78 Å². The molecule has 0 radical (unpaired) electrons. The highest BCUT2D eigenvalue weighted by molar-refractivity contribution is 9.10. The van der Waals surface area contributed by atoms with Crippen molar-refractivity contribution in [3.05, 3.63) is 74.7 Å². The highest BCUT2D eigenvalue weighted by atomic mass is 79.9. The van der Waals surface area contributed by atoms with Crippen LogP contribution in [0, 0.1) is 11.6 Å².